The molecule has 1 amide bonds. The van der Waals surface area contributed by atoms with Crippen LogP contribution in [0.5, 0.6) is 0 Å². The van der Waals surface area contributed by atoms with Gasteiger partial charge >= 0.3 is 0 Å². The summed E-state index contributed by atoms with van der Waals surface area (Å²) in [6.07, 6.45) is 0. The van der Waals surface area contributed by atoms with Gasteiger partial charge in [-0.25, -0.2) is 0 Å². The molecule has 0 aromatic heterocycles. The number of carbonyl (C=O) groups is 1. The maximum atomic E-state index is 12.3. The minimum Gasteiger partial charge on any atom is -0.397 e. The van der Waals surface area contributed by atoms with E-state index in [4.69, 9.17) is 5.73 Å². The summed E-state index contributed by atoms with van der Waals surface area (Å²) in [5.41, 5.74) is 8.65. The maximum absolute atomic E-state index is 12.3. The predicted octanol–water partition coefficient (Wildman–Crippen LogP) is 4.11. The van der Waals surface area contributed by atoms with Gasteiger partial charge in [-0.2, -0.15) is 0 Å². The van der Waals surface area contributed by atoms with E-state index in [-0.39, 0.29) is 5.91 Å². The first kappa shape index (κ1) is 15.9. The van der Waals surface area contributed by atoms with E-state index in [1.165, 1.54) is 0 Å². The van der Waals surface area contributed by atoms with E-state index >= 15 is 0 Å². The lowest BCUT2D eigenvalue weighted by atomic mass is 10.1. The standard InChI is InChI=1S/C15H15Br2N3O/c1-20(2)14-6-3-9(7-12(14)18)15(21)19-13-5-4-10(16)8-11(13)17/h3-8H,18H2,1-2H3,(H,19,21). The third-order valence-corrected chi connectivity index (χ3v) is 4.10. The van der Waals surface area contributed by atoms with Crippen molar-refractivity contribution in [3.05, 3.63) is 50.9 Å². The van der Waals surface area contributed by atoms with E-state index in [9.17, 15) is 4.79 Å². The van der Waals surface area contributed by atoms with Gasteiger partial charge in [0.25, 0.3) is 5.91 Å². The second-order valence-electron chi connectivity index (χ2n) is 4.75. The van der Waals surface area contributed by atoms with Crippen molar-refractivity contribution in [3.63, 3.8) is 0 Å². The molecule has 0 bridgehead atoms. The summed E-state index contributed by atoms with van der Waals surface area (Å²) in [5.74, 6) is -0.199. The highest BCUT2D eigenvalue weighted by Crippen LogP contribution is 2.27. The molecular weight excluding hydrogens is 398 g/mol. The molecule has 0 fully saturated rings. The first-order chi connectivity index (χ1) is 9.88. The number of halogens is 2. The van der Waals surface area contributed by atoms with Crippen molar-refractivity contribution in [3.8, 4) is 0 Å². The molecule has 110 valence electrons. The molecule has 21 heavy (non-hydrogen) atoms. The molecular formula is C15H15Br2N3O. The summed E-state index contributed by atoms with van der Waals surface area (Å²) in [5, 5.41) is 2.85. The van der Waals surface area contributed by atoms with Crippen molar-refractivity contribution in [2.24, 2.45) is 0 Å². The molecule has 0 radical (unpaired) electrons. The Hall–Kier alpha value is -1.53. The number of anilines is 3. The van der Waals surface area contributed by atoms with E-state index in [0.717, 1.165) is 14.6 Å². The van der Waals surface area contributed by atoms with Crippen molar-refractivity contribution < 1.29 is 4.79 Å². The van der Waals surface area contributed by atoms with E-state index in [1.54, 1.807) is 12.1 Å². The Balaban J connectivity index is 2.22. The summed E-state index contributed by atoms with van der Waals surface area (Å²) in [7, 11) is 3.81. The first-order valence-corrected chi connectivity index (χ1v) is 7.80. The maximum Gasteiger partial charge on any atom is 0.255 e. The summed E-state index contributed by atoms with van der Waals surface area (Å²) < 4.78 is 1.75. The van der Waals surface area contributed by atoms with Crippen LogP contribution >= 0.6 is 31.9 Å². The number of nitrogen functional groups attached to an aromatic ring is 1. The molecule has 0 aliphatic heterocycles. The fourth-order valence-corrected chi connectivity index (χ4v) is 3.03. The summed E-state index contributed by atoms with van der Waals surface area (Å²) in [4.78, 5) is 14.2. The molecule has 4 nitrogen and oxygen atoms in total. The molecule has 0 aliphatic rings. The largest absolute Gasteiger partial charge is 0.397 e. The van der Waals surface area contributed by atoms with Gasteiger partial charge in [0.2, 0.25) is 0 Å². The lowest BCUT2D eigenvalue weighted by Crippen LogP contribution is -2.15. The molecule has 2 aromatic rings. The second-order valence-corrected chi connectivity index (χ2v) is 6.52. The van der Waals surface area contributed by atoms with Crippen LogP contribution < -0.4 is 16.0 Å². The third-order valence-electron chi connectivity index (χ3n) is 2.95. The molecule has 0 atom stereocenters. The monoisotopic (exact) mass is 411 g/mol. The Kier molecular flexibility index (Phi) is 4.90. The molecule has 0 saturated heterocycles. The van der Waals surface area contributed by atoms with Crippen LogP contribution in [-0.4, -0.2) is 20.0 Å². The van der Waals surface area contributed by atoms with Gasteiger partial charge < -0.3 is 16.0 Å². The van der Waals surface area contributed by atoms with Crippen LogP contribution in [0, 0.1) is 0 Å². The van der Waals surface area contributed by atoms with Gasteiger partial charge in [-0.15, -0.1) is 0 Å². The number of hydrogen-bond acceptors (Lipinski definition) is 3. The zero-order valence-electron chi connectivity index (χ0n) is 11.7. The average Bonchev–Trinajstić information content (AvgIpc) is 2.41. The Labute approximate surface area is 140 Å². The Morgan fingerprint density at radius 2 is 1.86 bits per heavy atom. The van der Waals surface area contributed by atoms with Crippen molar-refractivity contribution in [2.45, 2.75) is 0 Å². The number of benzene rings is 2. The van der Waals surface area contributed by atoms with Gasteiger partial charge in [-0.05, 0) is 52.3 Å². The van der Waals surface area contributed by atoms with Crippen molar-refractivity contribution in [2.75, 3.05) is 30.0 Å². The van der Waals surface area contributed by atoms with Gasteiger partial charge in [-0.3, -0.25) is 4.79 Å². The van der Waals surface area contributed by atoms with Gasteiger partial charge in [-0.1, -0.05) is 15.9 Å². The molecule has 6 heteroatoms. The molecule has 0 unspecified atom stereocenters. The lowest BCUT2D eigenvalue weighted by molar-refractivity contribution is 0.102. The number of nitrogens with two attached hydrogens (primary N) is 1. The topological polar surface area (TPSA) is 58.4 Å². The highest BCUT2D eigenvalue weighted by atomic mass is 79.9. The SMILES string of the molecule is CN(C)c1ccc(C(=O)Nc2ccc(Br)cc2Br)cc1N. The van der Waals surface area contributed by atoms with Crippen molar-refractivity contribution in [1.29, 1.82) is 0 Å². The first-order valence-electron chi connectivity index (χ1n) is 6.21. The number of carbonyl (C=O) groups excluding carboxylic acids is 1. The highest BCUT2D eigenvalue weighted by molar-refractivity contribution is 9.11. The predicted molar refractivity (Wildman–Crippen MR) is 95.0 cm³/mol. The zero-order chi connectivity index (χ0) is 15.6. The molecule has 0 aliphatic carbocycles. The highest BCUT2D eigenvalue weighted by Gasteiger charge is 2.11. The molecule has 2 rings (SSSR count). The molecule has 2 aromatic carbocycles. The second kappa shape index (κ2) is 6.49. The lowest BCUT2D eigenvalue weighted by Gasteiger charge is -2.16. The van der Waals surface area contributed by atoms with Crippen LogP contribution in [0.4, 0.5) is 17.1 Å². The van der Waals surface area contributed by atoms with Gasteiger partial charge in [0, 0.05) is 28.6 Å². The van der Waals surface area contributed by atoms with E-state index in [1.807, 2.05) is 43.3 Å². The average molecular weight is 413 g/mol. The fraction of sp³-hybridized carbons (Fsp3) is 0.133. The minimum atomic E-state index is -0.199. The van der Waals surface area contributed by atoms with Gasteiger partial charge in [0.1, 0.15) is 0 Å². The molecule has 0 spiro atoms. The van der Waals surface area contributed by atoms with Crippen LogP contribution in [0.15, 0.2) is 45.3 Å². The van der Waals surface area contributed by atoms with Crippen molar-refractivity contribution >= 4 is 54.8 Å². The van der Waals surface area contributed by atoms with E-state index in [0.29, 0.717) is 16.9 Å². The third kappa shape index (κ3) is 3.77. The number of amides is 1. The van der Waals surface area contributed by atoms with Crippen molar-refractivity contribution in [1.82, 2.24) is 0 Å². The smallest absolute Gasteiger partial charge is 0.255 e. The summed E-state index contributed by atoms with van der Waals surface area (Å²) in [6.45, 7) is 0. The Bertz CT molecular complexity index is 687. The minimum absolute atomic E-state index is 0.199. The van der Waals surface area contributed by atoms with Crippen LogP contribution in [0.25, 0.3) is 0 Å². The van der Waals surface area contributed by atoms with Crippen LogP contribution in [0.1, 0.15) is 10.4 Å². The number of nitrogens with one attached hydrogen (secondary N) is 1. The number of hydrogen-bond donors (Lipinski definition) is 2. The van der Waals surface area contributed by atoms with Crippen LogP contribution in [-0.2, 0) is 0 Å². The zero-order valence-corrected chi connectivity index (χ0v) is 14.8. The Morgan fingerprint density at radius 1 is 1.14 bits per heavy atom. The van der Waals surface area contributed by atoms with Crippen LogP contribution in [0.2, 0.25) is 0 Å². The summed E-state index contributed by atoms with van der Waals surface area (Å²) in [6, 6.07) is 10.8. The van der Waals surface area contributed by atoms with Gasteiger partial charge in [0.05, 0.1) is 17.1 Å². The van der Waals surface area contributed by atoms with Crippen LogP contribution in [0.3, 0.4) is 0 Å². The quantitative estimate of drug-likeness (QED) is 0.745. The Morgan fingerprint density at radius 3 is 2.43 bits per heavy atom. The summed E-state index contributed by atoms with van der Waals surface area (Å²) >= 11 is 6.79. The molecule has 0 saturated carbocycles. The van der Waals surface area contributed by atoms with E-state index in [2.05, 4.69) is 37.2 Å². The fourth-order valence-electron chi connectivity index (χ4n) is 1.89. The molecule has 3 N–H and O–H groups in total. The molecule has 0 heterocycles. The van der Waals surface area contributed by atoms with E-state index < -0.39 is 0 Å². The van der Waals surface area contributed by atoms with Gasteiger partial charge in [0.15, 0.2) is 0 Å². The number of rotatable bonds is 3. The normalized spacial score (nSPS) is 10.3. The number of nitrogens with zero attached hydrogens (tertiary/aromatic N) is 1.